The highest BCUT2D eigenvalue weighted by Gasteiger charge is 2.18. The Labute approximate surface area is 127 Å². The number of nitrogens with zero attached hydrogens (tertiary/aromatic N) is 3. The van der Waals surface area contributed by atoms with Crippen molar-refractivity contribution in [1.82, 2.24) is 14.5 Å². The molecule has 2 aromatic heterocycles. The summed E-state index contributed by atoms with van der Waals surface area (Å²) in [5.41, 5.74) is 0.843. The molecule has 20 heavy (non-hydrogen) atoms. The Balaban J connectivity index is 2.40. The fourth-order valence-corrected chi connectivity index (χ4v) is 2.69. The molecule has 0 radical (unpaired) electrons. The lowest BCUT2D eigenvalue weighted by Crippen LogP contribution is -2.04. The van der Waals surface area contributed by atoms with Gasteiger partial charge in [-0.3, -0.25) is 4.98 Å². The summed E-state index contributed by atoms with van der Waals surface area (Å²) in [5, 5.41) is 0.395. The van der Waals surface area contributed by atoms with Gasteiger partial charge in [-0.2, -0.15) is 0 Å². The molecule has 0 atom stereocenters. The van der Waals surface area contributed by atoms with E-state index in [1.54, 1.807) is 23.0 Å². The van der Waals surface area contributed by atoms with Crippen molar-refractivity contribution in [3.63, 3.8) is 0 Å². The topological polar surface area (TPSA) is 64.8 Å². The van der Waals surface area contributed by atoms with Gasteiger partial charge in [0.15, 0.2) is 5.03 Å². The quantitative estimate of drug-likeness (QED) is 0.789. The summed E-state index contributed by atoms with van der Waals surface area (Å²) in [5.74, 6) is 0.666. The van der Waals surface area contributed by atoms with Gasteiger partial charge in [0, 0.05) is 35.7 Å². The minimum absolute atomic E-state index is 0.132. The van der Waals surface area contributed by atoms with Crippen molar-refractivity contribution in [1.29, 1.82) is 0 Å². The third-order valence-corrected chi connectivity index (χ3v) is 4.27. The van der Waals surface area contributed by atoms with E-state index < -0.39 is 9.05 Å². The van der Waals surface area contributed by atoms with Crippen molar-refractivity contribution in [2.45, 2.75) is 31.3 Å². The maximum absolute atomic E-state index is 11.4. The van der Waals surface area contributed by atoms with Gasteiger partial charge in [-0.15, -0.1) is 0 Å². The predicted octanol–water partition coefficient (Wildman–Crippen LogP) is 2.86. The lowest BCUT2D eigenvalue weighted by atomic mass is 10.2. The van der Waals surface area contributed by atoms with Crippen molar-refractivity contribution in [2.24, 2.45) is 0 Å². The first-order valence-corrected chi connectivity index (χ1v) is 8.69. The Morgan fingerprint density at radius 3 is 2.75 bits per heavy atom. The van der Waals surface area contributed by atoms with Gasteiger partial charge in [0.2, 0.25) is 0 Å². The third-order valence-electron chi connectivity index (χ3n) is 2.76. The number of aryl methyl sites for hydroxylation is 1. The van der Waals surface area contributed by atoms with E-state index >= 15 is 0 Å². The second-order valence-electron chi connectivity index (χ2n) is 4.28. The van der Waals surface area contributed by atoms with Crippen LogP contribution in [0.3, 0.4) is 0 Å². The van der Waals surface area contributed by atoms with Gasteiger partial charge in [-0.05, 0) is 18.1 Å². The van der Waals surface area contributed by atoms with Crippen LogP contribution < -0.4 is 0 Å². The molecule has 0 bridgehead atoms. The Bertz CT molecular complexity index is 713. The molecule has 0 unspecified atom stereocenters. The van der Waals surface area contributed by atoms with Crippen LogP contribution in [-0.4, -0.2) is 23.0 Å². The molecule has 0 aromatic carbocycles. The Kier molecular flexibility index (Phi) is 4.67. The van der Waals surface area contributed by atoms with E-state index in [4.69, 9.17) is 22.3 Å². The number of imidazole rings is 1. The number of aromatic nitrogens is 3. The first-order chi connectivity index (χ1) is 9.41. The zero-order valence-electron chi connectivity index (χ0n) is 10.8. The molecule has 0 aliphatic heterocycles. The molecule has 108 valence electrons. The first kappa shape index (κ1) is 15.3. The molecule has 0 aliphatic rings. The summed E-state index contributed by atoms with van der Waals surface area (Å²) in [6.45, 7) is 2.42. The van der Waals surface area contributed by atoms with Crippen molar-refractivity contribution in [3.05, 3.63) is 41.1 Å². The highest BCUT2D eigenvalue weighted by Crippen LogP contribution is 2.20. The highest BCUT2D eigenvalue weighted by molar-refractivity contribution is 8.13. The molecule has 0 saturated carbocycles. The van der Waals surface area contributed by atoms with Gasteiger partial charge >= 0.3 is 0 Å². The zero-order chi connectivity index (χ0) is 14.8. The second kappa shape index (κ2) is 6.11. The van der Waals surface area contributed by atoms with E-state index in [1.165, 1.54) is 6.20 Å². The molecule has 0 N–H and O–H groups in total. The van der Waals surface area contributed by atoms with Gasteiger partial charge in [0.1, 0.15) is 5.82 Å². The number of pyridine rings is 1. The summed E-state index contributed by atoms with van der Waals surface area (Å²) in [6.07, 6.45) is 6.13. The summed E-state index contributed by atoms with van der Waals surface area (Å²) in [4.78, 5) is 8.00. The number of rotatable bonds is 5. The molecule has 0 aliphatic carbocycles. The highest BCUT2D eigenvalue weighted by atomic mass is 35.7. The van der Waals surface area contributed by atoms with Crippen LogP contribution in [0.4, 0.5) is 0 Å². The summed E-state index contributed by atoms with van der Waals surface area (Å²) >= 11 is 6.06. The molecule has 5 nitrogen and oxygen atoms in total. The van der Waals surface area contributed by atoms with Crippen molar-refractivity contribution in [2.75, 3.05) is 0 Å². The number of halogens is 2. The van der Waals surface area contributed by atoms with Crippen LogP contribution in [0.2, 0.25) is 5.02 Å². The Hall–Kier alpha value is -1.11. The SMILES string of the molecule is CCCc1nc(S(=O)(=O)Cl)cn1Cc1ccncc1Cl. The van der Waals surface area contributed by atoms with E-state index in [0.29, 0.717) is 23.8 Å². The smallest absolute Gasteiger partial charge is 0.280 e. The molecule has 8 heteroatoms. The normalized spacial score (nSPS) is 11.8. The standard InChI is InChI=1S/C12H13Cl2N3O2S/c1-2-3-11-16-12(20(14,18)19)8-17(11)7-9-4-5-15-6-10(9)13/h4-6,8H,2-3,7H2,1H3. The van der Waals surface area contributed by atoms with Gasteiger partial charge in [0.05, 0.1) is 11.6 Å². The molecular formula is C12H13Cl2N3O2S. The molecule has 2 aromatic rings. The van der Waals surface area contributed by atoms with Crippen LogP contribution >= 0.6 is 22.3 Å². The number of hydrogen-bond donors (Lipinski definition) is 0. The summed E-state index contributed by atoms with van der Waals surface area (Å²) < 4.78 is 24.5. The Morgan fingerprint density at radius 2 is 2.15 bits per heavy atom. The van der Waals surface area contributed by atoms with Crippen molar-refractivity contribution >= 4 is 31.3 Å². The summed E-state index contributed by atoms with van der Waals surface area (Å²) in [6, 6.07) is 1.78. The lowest BCUT2D eigenvalue weighted by molar-refractivity contribution is 0.606. The van der Waals surface area contributed by atoms with Crippen LogP contribution in [0.1, 0.15) is 24.7 Å². The fraction of sp³-hybridized carbons (Fsp3) is 0.333. The van der Waals surface area contributed by atoms with E-state index in [1.807, 2.05) is 6.92 Å². The molecule has 2 rings (SSSR count). The van der Waals surface area contributed by atoms with Crippen LogP contribution in [0, 0.1) is 0 Å². The average Bonchev–Trinajstić information content (AvgIpc) is 2.76. The average molecular weight is 334 g/mol. The minimum atomic E-state index is -3.83. The van der Waals surface area contributed by atoms with Gasteiger partial charge in [0.25, 0.3) is 9.05 Å². The predicted molar refractivity (Wildman–Crippen MR) is 77.6 cm³/mol. The van der Waals surface area contributed by atoms with Crippen LogP contribution in [-0.2, 0) is 22.0 Å². The van der Waals surface area contributed by atoms with Gasteiger partial charge in [-0.25, -0.2) is 13.4 Å². The van der Waals surface area contributed by atoms with Crippen LogP contribution in [0.5, 0.6) is 0 Å². The van der Waals surface area contributed by atoms with Crippen molar-refractivity contribution in [3.8, 4) is 0 Å². The minimum Gasteiger partial charge on any atom is -0.329 e. The van der Waals surface area contributed by atoms with E-state index in [2.05, 4.69) is 9.97 Å². The summed E-state index contributed by atoms with van der Waals surface area (Å²) in [7, 11) is 1.51. The van der Waals surface area contributed by atoms with Crippen molar-refractivity contribution < 1.29 is 8.42 Å². The maximum atomic E-state index is 11.4. The van der Waals surface area contributed by atoms with E-state index in [-0.39, 0.29) is 5.03 Å². The van der Waals surface area contributed by atoms with Gasteiger partial charge < -0.3 is 4.57 Å². The second-order valence-corrected chi connectivity index (χ2v) is 7.20. The van der Waals surface area contributed by atoms with E-state index in [0.717, 1.165) is 12.0 Å². The molecule has 0 spiro atoms. The van der Waals surface area contributed by atoms with Crippen LogP contribution in [0.15, 0.2) is 29.7 Å². The molecule has 2 heterocycles. The lowest BCUT2D eigenvalue weighted by Gasteiger charge is -2.08. The number of hydrogen-bond acceptors (Lipinski definition) is 4. The van der Waals surface area contributed by atoms with E-state index in [9.17, 15) is 8.42 Å². The largest absolute Gasteiger partial charge is 0.329 e. The molecule has 0 saturated heterocycles. The monoisotopic (exact) mass is 333 g/mol. The molecule has 0 fully saturated rings. The molecule has 0 amide bonds. The third kappa shape index (κ3) is 3.50. The fourth-order valence-electron chi connectivity index (χ4n) is 1.82. The molecular weight excluding hydrogens is 321 g/mol. The van der Waals surface area contributed by atoms with Gasteiger partial charge in [-0.1, -0.05) is 18.5 Å². The maximum Gasteiger partial charge on any atom is 0.280 e. The first-order valence-electron chi connectivity index (χ1n) is 6.01. The zero-order valence-corrected chi connectivity index (χ0v) is 13.1. The Morgan fingerprint density at radius 1 is 1.40 bits per heavy atom. The van der Waals surface area contributed by atoms with Crippen LogP contribution in [0.25, 0.3) is 0 Å².